The number of hydrogen-bond acceptors (Lipinski definition) is 3. The first kappa shape index (κ1) is 15.9. The predicted molar refractivity (Wildman–Crippen MR) is 83.0 cm³/mol. The van der Waals surface area contributed by atoms with Crippen molar-refractivity contribution in [2.45, 2.75) is 0 Å². The van der Waals surface area contributed by atoms with Crippen LogP contribution >= 0.6 is 23.2 Å². The molecule has 0 spiro atoms. The molecule has 3 nitrogen and oxygen atoms in total. The maximum absolute atomic E-state index is 13.7. The van der Waals surface area contributed by atoms with Crippen molar-refractivity contribution in [1.82, 2.24) is 0 Å². The van der Waals surface area contributed by atoms with Gasteiger partial charge in [-0.15, -0.1) is 0 Å². The highest BCUT2D eigenvalue weighted by Gasteiger charge is 2.21. The third kappa shape index (κ3) is 3.23. The summed E-state index contributed by atoms with van der Waals surface area (Å²) in [5.41, 5.74) is 5.55. The van der Waals surface area contributed by atoms with Crippen LogP contribution in [0.25, 0.3) is 11.1 Å². The van der Waals surface area contributed by atoms with Gasteiger partial charge in [-0.3, -0.25) is 0 Å². The van der Waals surface area contributed by atoms with E-state index < -0.39 is 5.82 Å². The van der Waals surface area contributed by atoms with Gasteiger partial charge >= 0.3 is 0 Å². The second-order valence-corrected chi connectivity index (χ2v) is 4.89. The zero-order valence-electron chi connectivity index (χ0n) is 11.3. The van der Waals surface area contributed by atoms with Gasteiger partial charge in [-0.1, -0.05) is 29.3 Å². The molecule has 0 fully saturated rings. The summed E-state index contributed by atoms with van der Waals surface area (Å²) in [5, 5.41) is 0.879. The van der Waals surface area contributed by atoms with Crippen LogP contribution in [0.3, 0.4) is 0 Å². The van der Waals surface area contributed by atoms with Gasteiger partial charge in [-0.2, -0.15) is 0 Å². The molecular weight excluding hydrogens is 316 g/mol. The molecule has 6 heteroatoms. The highest BCUT2D eigenvalue weighted by atomic mass is 35.5. The Morgan fingerprint density at radius 2 is 1.67 bits per heavy atom. The van der Waals surface area contributed by atoms with Gasteiger partial charge in [0.05, 0.1) is 10.0 Å². The first-order chi connectivity index (χ1) is 10.2. The van der Waals surface area contributed by atoms with Crippen molar-refractivity contribution in [2.75, 3.05) is 20.3 Å². The molecule has 0 bridgehead atoms. The molecular formula is C15H14Cl2FNO2. The fourth-order valence-electron chi connectivity index (χ4n) is 2.06. The van der Waals surface area contributed by atoms with Crippen LogP contribution in [-0.4, -0.2) is 20.3 Å². The second kappa shape index (κ2) is 6.98. The van der Waals surface area contributed by atoms with E-state index >= 15 is 0 Å². The molecule has 112 valence electrons. The molecule has 1 heterocycles. The monoisotopic (exact) mass is 329 g/mol. The third-order valence-electron chi connectivity index (χ3n) is 2.84. The maximum atomic E-state index is 13.7. The minimum absolute atomic E-state index is 0.372. The van der Waals surface area contributed by atoms with Crippen LogP contribution in [-0.2, 0) is 0 Å². The predicted octanol–water partition coefficient (Wildman–Crippen LogP) is 4.15. The second-order valence-electron chi connectivity index (χ2n) is 4.07. The van der Waals surface area contributed by atoms with Crippen molar-refractivity contribution in [2.24, 2.45) is 5.73 Å². The lowest BCUT2D eigenvalue weighted by molar-refractivity contribution is 0.171. The number of ether oxygens (including phenoxy) is 2. The lowest BCUT2D eigenvalue weighted by Gasteiger charge is -2.22. The largest absolute Gasteiger partial charge is 0.486 e. The van der Waals surface area contributed by atoms with Gasteiger partial charge < -0.3 is 15.2 Å². The van der Waals surface area contributed by atoms with Crippen molar-refractivity contribution >= 4 is 23.2 Å². The zero-order chi connectivity index (χ0) is 15.4. The Morgan fingerprint density at radius 1 is 1.05 bits per heavy atom. The molecule has 0 saturated carbocycles. The molecule has 0 saturated heterocycles. The first-order valence-electron chi connectivity index (χ1n) is 6.28. The van der Waals surface area contributed by atoms with E-state index in [4.69, 9.17) is 32.7 Å². The lowest BCUT2D eigenvalue weighted by atomic mass is 10.0. The summed E-state index contributed by atoms with van der Waals surface area (Å²) in [6.07, 6.45) is 0. The van der Waals surface area contributed by atoms with Gasteiger partial charge in [0.2, 0.25) is 0 Å². The average Bonchev–Trinajstić information content (AvgIpc) is 2.49. The van der Waals surface area contributed by atoms with Gasteiger partial charge in [0.15, 0.2) is 11.5 Å². The van der Waals surface area contributed by atoms with Crippen molar-refractivity contribution in [1.29, 1.82) is 0 Å². The van der Waals surface area contributed by atoms with E-state index in [1.54, 1.807) is 18.2 Å². The summed E-state index contributed by atoms with van der Waals surface area (Å²) < 4.78 is 24.6. The van der Waals surface area contributed by atoms with Gasteiger partial charge in [-0.25, -0.2) is 4.39 Å². The Hall–Kier alpha value is -1.49. The highest BCUT2D eigenvalue weighted by molar-refractivity contribution is 6.39. The summed E-state index contributed by atoms with van der Waals surface area (Å²) in [5.74, 6) is 0.426. The molecule has 2 N–H and O–H groups in total. The average molecular weight is 330 g/mol. The van der Waals surface area contributed by atoms with Gasteiger partial charge in [0, 0.05) is 17.2 Å². The van der Waals surface area contributed by atoms with Crippen LogP contribution in [0.1, 0.15) is 0 Å². The number of hydrogen-bond donors (Lipinski definition) is 1. The van der Waals surface area contributed by atoms with E-state index in [1.165, 1.54) is 19.2 Å². The minimum atomic E-state index is -0.421. The Labute approximate surface area is 132 Å². The molecule has 0 atom stereocenters. The van der Waals surface area contributed by atoms with Crippen LogP contribution in [0, 0.1) is 5.82 Å². The van der Waals surface area contributed by atoms with E-state index in [9.17, 15) is 4.39 Å². The Kier molecular flexibility index (Phi) is 5.28. The van der Waals surface area contributed by atoms with Crippen molar-refractivity contribution in [3.8, 4) is 22.6 Å². The normalized spacial score (nSPS) is 12.4. The smallest absolute Gasteiger partial charge is 0.169 e. The van der Waals surface area contributed by atoms with E-state index in [1.807, 2.05) is 0 Å². The molecule has 0 aromatic heterocycles. The van der Waals surface area contributed by atoms with Gasteiger partial charge in [0.1, 0.15) is 19.0 Å². The van der Waals surface area contributed by atoms with Crippen LogP contribution in [0.4, 0.5) is 4.39 Å². The zero-order valence-corrected chi connectivity index (χ0v) is 12.8. The molecule has 0 aliphatic carbocycles. The molecule has 1 aliphatic heterocycles. The topological polar surface area (TPSA) is 44.5 Å². The summed E-state index contributed by atoms with van der Waals surface area (Å²) in [6.45, 7) is 0.805. The maximum Gasteiger partial charge on any atom is 0.169 e. The molecule has 21 heavy (non-hydrogen) atoms. The van der Waals surface area contributed by atoms with Crippen molar-refractivity contribution in [3.05, 3.63) is 46.2 Å². The van der Waals surface area contributed by atoms with E-state index in [2.05, 4.69) is 5.73 Å². The van der Waals surface area contributed by atoms with Crippen LogP contribution in [0.15, 0.2) is 30.3 Å². The summed E-state index contributed by atoms with van der Waals surface area (Å²) in [4.78, 5) is 0. The standard InChI is InChI=1S/C14H9Cl2FO2.CH5N/c15-10-2-1-3-11(16)13(10)9-6-8(17)7-12-14(9)19-5-4-18-12;1-2/h1-3,6-7H,4-5H2;2H2,1H3. The summed E-state index contributed by atoms with van der Waals surface area (Å²) >= 11 is 12.3. The first-order valence-corrected chi connectivity index (χ1v) is 7.03. The molecule has 1 aliphatic rings. The molecule has 0 amide bonds. The van der Waals surface area contributed by atoms with Crippen LogP contribution in [0.5, 0.6) is 11.5 Å². The Morgan fingerprint density at radius 3 is 2.33 bits per heavy atom. The number of fused-ring (bicyclic) bond motifs is 1. The molecule has 0 radical (unpaired) electrons. The molecule has 2 aromatic carbocycles. The fraction of sp³-hybridized carbons (Fsp3) is 0.200. The Bertz CT molecular complexity index is 630. The fourth-order valence-corrected chi connectivity index (χ4v) is 2.66. The van der Waals surface area contributed by atoms with Gasteiger partial charge in [0.25, 0.3) is 0 Å². The summed E-state index contributed by atoms with van der Waals surface area (Å²) in [6, 6.07) is 7.77. The molecule has 3 rings (SSSR count). The summed E-state index contributed by atoms with van der Waals surface area (Å²) in [7, 11) is 1.50. The molecule has 2 aromatic rings. The van der Waals surface area contributed by atoms with Gasteiger partial charge in [-0.05, 0) is 25.2 Å². The third-order valence-corrected chi connectivity index (χ3v) is 3.47. The van der Waals surface area contributed by atoms with E-state index in [0.717, 1.165) is 0 Å². The van der Waals surface area contributed by atoms with E-state index in [-0.39, 0.29) is 0 Å². The van der Waals surface area contributed by atoms with Crippen molar-refractivity contribution in [3.63, 3.8) is 0 Å². The minimum Gasteiger partial charge on any atom is -0.486 e. The van der Waals surface area contributed by atoms with Crippen LogP contribution < -0.4 is 15.2 Å². The van der Waals surface area contributed by atoms with Crippen molar-refractivity contribution < 1.29 is 13.9 Å². The van der Waals surface area contributed by atoms with E-state index in [0.29, 0.717) is 45.9 Å². The molecule has 0 unspecified atom stereocenters. The number of halogens is 3. The Balaban J connectivity index is 0.000000774. The highest BCUT2D eigenvalue weighted by Crippen LogP contribution is 2.45. The number of nitrogens with two attached hydrogens (primary N) is 1. The van der Waals surface area contributed by atoms with Crippen LogP contribution in [0.2, 0.25) is 10.0 Å². The number of rotatable bonds is 1. The SMILES string of the molecule is CN.Fc1cc2c(c(-c3c(Cl)cccc3Cl)c1)OCCO2. The number of benzene rings is 2. The lowest BCUT2D eigenvalue weighted by Crippen LogP contribution is -2.16. The quantitative estimate of drug-likeness (QED) is 0.854.